The molecule has 6 heteroatoms. The van der Waals surface area contributed by atoms with Gasteiger partial charge in [0, 0.05) is 6.42 Å². The molecule has 0 aliphatic heterocycles. The van der Waals surface area contributed by atoms with Crippen LogP contribution < -0.4 is 5.32 Å². The quantitative estimate of drug-likeness (QED) is 0.0325. The first-order valence-corrected chi connectivity index (χ1v) is 24.2. The predicted octanol–water partition coefficient (Wildman–Crippen LogP) is 14.1. The van der Waals surface area contributed by atoms with Crippen molar-refractivity contribution in [1.29, 1.82) is 0 Å². The molecule has 3 unspecified atom stereocenters. The highest BCUT2D eigenvalue weighted by Crippen LogP contribution is 2.18. The van der Waals surface area contributed by atoms with Crippen molar-refractivity contribution in [2.75, 3.05) is 6.61 Å². The number of nitrogens with one attached hydrogen (secondary N) is 1. The number of aliphatic hydroxyl groups excluding tert-OH is 2. The average Bonchev–Trinajstić information content (AvgIpc) is 3.19. The monoisotopic (exact) mass is 788 g/mol. The first-order valence-electron chi connectivity index (χ1n) is 24.2. The second-order valence-corrected chi connectivity index (χ2v) is 16.5. The molecule has 0 fully saturated rings. The van der Waals surface area contributed by atoms with Gasteiger partial charge in [0.1, 0.15) is 6.10 Å². The number of aliphatic hydroxyl groups is 2. The van der Waals surface area contributed by atoms with E-state index >= 15 is 0 Å². The predicted molar refractivity (Wildman–Crippen MR) is 241 cm³/mol. The molecule has 6 nitrogen and oxygen atoms in total. The molecule has 0 bridgehead atoms. The van der Waals surface area contributed by atoms with Crippen molar-refractivity contribution in [1.82, 2.24) is 5.32 Å². The molecular weight excluding hydrogens is 695 g/mol. The standard InChI is InChI=1S/C50H93NO5/c1-4-7-10-13-16-19-21-23-24-25-26-28-31-34-37-40-43-50(55)56-46(41-38-35-32-29-18-15-12-9-6-3)44-49(54)51-47(45-52)48(53)42-39-36-33-30-27-22-20-17-14-11-8-5-2/h7,10,16,19,23-24,46-48,52-53H,4-6,8-9,11-15,17-18,20-22,25-45H2,1-3H3,(H,51,54)/b10-7+,19-16+,24-23+. The Morgan fingerprint density at radius 3 is 1.46 bits per heavy atom. The van der Waals surface area contributed by atoms with Crippen molar-refractivity contribution >= 4 is 11.9 Å². The highest BCUT2D eigenvalue weighted by molar-refractivity contribution is 5.77. The van der Waals surface area contributed by atoms with Crippen molar-refractivity contribution in [3.05, 3.63) is 36.5 Å². The summed E-state index contributed by atoms with van der Waals surface area (Å²) in [4.78, 5) is 26.0. The Hall–Kier alpha value is -1.92. The number of rotatable bonds is 43. The van der Waals surface area contributed by atoms with E-state index in [1.54, 1.807) is 0 Å². The minimum Gasteiger partial charge on any atom is -0.462 e. The van der Waals surface area contributed by atoms with Crippen LogP contribution in [0.2, 0.25) is 0 Å². The Morgan fingerprint density at radius 2 is 0.964 bits per heavy atom. The number of allylic oxidation sites excluding steroid dienone is 6. The Labute approximate surface area is 347 Å². The van der Waals surface area contributed by atoms with Crippen LogP contribution >= 0.6 is 0 Å². The van der Waals surface area contributed by atoms with Gasteiger partial charge in [-0.1, -0.05) is 211 Å². The van der Waals surface area contributed by atoms with Crippen LogP contribution in [0.15, 0.2) is 36.5 Å². The van der Waals surface area contributed by atoms with Crippen molar-refractivity contribution in [2.24, 2.45) is 0 Å². The van der Waals surface area contributed by atoms with Gasteiger partial charge in [0.05, 0.1) is 25.2 Å². The zero-order chi connectivity index (χ0) is 41.0. The molecule has 328 valence electrons. The van der Waals surface area contributed by atoms with E-state index in [1.807, 2.05) is 0 Å². The zero-order valence-corrected chi connectivity index (χ0v) is 37.3. The Morgan fingerprint density at radius 1 is 0.536 bits per heavy atom. The van der Waals surface area contributed by atoms with E-state index in [0.29, 0.717) is 19.3 Å². The van der Waals surface area contributed by atoms with Crippen LogP contribution in [0, 0.1) is 0 Å². The number of amides is 1. The van der Waals surface area contributed by atoms with E-state index in [0.717, 1.165) is 70.6 Å². The Bertz CT molecular complexity index is 930. The smallest absolute Gasteiger partial charge is 0.306 e. The second kappa shape index (κ2) is 44.2. The molecule has 3 atom stereocenters. The van der Waals surface area contributed by atoms with Gasteiger partial charge in [0.15, 0.2) is 0 Å². The van der Waals surface area contributed by atoms with Crippen molar-refractivity contribution in [3.63, 3.8) is 0 Å². The summed E-state index contributed by atoms with van der Waals surface area (Å²) in [6, 6.07) is -0.699. The van der Waals surface area contributed by atoms with Crippen LogP contribution in [0.1, 0.15) is 245 Å². The van der Waals surface area contributed by atoms with Gasteiger partial charge in [0.25, 0.3) is 0 Å². The molecule has 1 amide bonds. The highest BCUT2D eigenvalue weighted by atomic mass is 16.5. The molecule has 0 heterocycles. The third-order valence-electron chi connectivity index (χ3n) is 11.0. The highest BCUT2D eigenvalue weighted by Gasteiger charge is 2.24. The molecule has 3 N–H and O–H groups in total. The maximum Gasteiger partial charge on any atom is 0.306 e. The number of unbranched alkanes of at least 4 members (excludes halogenated alkanes) is 25. The van der Waals surface area contributed by atoms with Gasteiger partial charge in [-0.3, -0.25) is 9.59 Å². The van der Waals surface area contributed by atoms with E-state index in [1.165, 1.54) is 128 Å². The molecule has 0 aliphatic carbocycles. The fourth-order valence-corrected chi connectivity index (χ4v) is 7.33. The molecular formula is C50H93NO5. The van der Waals surface area contributed by atoms with Gasteiger partial charge in [0.2, 0.25) is 5.91 Å². The lowest BCUT2D eigenvalue weighted by Crippen LogP contribution is -2.46. The Balaban J connectivity index is 4.50. The molecule has 56 heavy (non-hydrogen) atoms. The van der Waals surface area contributed by atoms with E-state index in [-0.39, 0.29) is 24.9 Å². The first kappa shape index (κ1) is 54.1. The molecule has 0 saturated carbocycles. The lowest BCUT2D eigenvalue weighted by atomic mass is 10.0. The fraction of sp³-hybridized carbons (Fsp3) is 0.840. The number of carbonyl (C=O) groups is 2. The third-order valence-corrected chi connectivity index (χ3v) is 11.0. The van der Waals surface area contributed by atoms with Crippen molar-refractivity contribution < 1.29 is 24.5 Å². The number of carbonyl (C=O) groups excluding carboxylic acids is 2. The lowest BCUT2D eigenvalue weighted by Gasteiger charge is -2.24. The Kier molecular flexibility index (Phi) is 42.7. The summed E-state index contributed by atoms with van der Waals surface area (Å²) in [6.07, 6.45) is 50.6. The molecule has 0 spiro atoms. The zero-order valence-electron chi connectivity index (χ0n) is 37.3. The molecule has 0 aliphatic rings. The summed E-state index contributed by atoms with van der Waals surface area (Å²) < 4.78 is 5.90. The van der Waals surface area contributed by atoms with Gasteiger partial charge in [-0.15, -0.1) is 0 Å². The summed E-state index contributed by atoms with van der Waals surface area (Å²) >= 11 is 0. The summed E-state index contributed by atoms with van der Waals surface area (Å²) in [5.74, 6) is -0.484. The van der Waals surface area contributed by atoms with E-state index < -0.39 is 18.2 Å². The second-order valence-electron chi connectivity index (χ2n) is 16.5. The van der Waals surface area contributed by atoms with Crippen LogP contribution in [0.5, 0.6) is 0 Å². The molecule has 0 aromatic carbocycles. The van der Waals surface area contributed by atoms with E-state index in [2.05, 4.69) is 62.5 Å². The molecule has 0 radical (unpaired) electrons. The summed E-state index contributed by atoms with van der Waals surface area (Å²) in [5, 5.41) is 23.7. The summed E-state index contributed by atoms with van der Waals surface area (Å²) in [6.45, 7) is 6.35. The van der Waals surface area contributed by atoms with Gasteiger partial charge in [-0.25, -0.2) is 0 Å². The first-order chi connectivity index (χ1) is 27.5. The van der Waals surface area contributed by atoms with E-state index in [9.17, 15) is 19.8 Å². The van der Waals surface area contributed by atoms with Crippen molar-refractivity contribution in [2.45, 2.75) is 264 Å². The van der Waals surface area contributed by atoms with Gasteiger partial charge >= 0.3 is 5.97 Å². The van der Waals surface area contributed by atoms with Crippen LogP contribution in [-0.2, 0) is 14.3 Å². The van der Waals surface area contributed by atoms with Crippen LogP contribution in [0.25, 0.3) is 0 Å². The largest absolute Gasteiger partial charge is 0.462 e. The van der Waals surface area contributed by atoms with Gasteiger partial charge in [-0.05, 0) is 57.8 Å². The fourth-order valence-electron chi connectivity index (χ4n) is 7.33. The molecule has 0 rings (SSSR count). The normalized spacial score (nSPS) is 13.6. The van der Waals surface area contributed by atoms with Gasteiger partial charge in [-0.2, -0.15) is 0 Å². The molecule has 0 saturated heterocycles. The van der Waals surface area contributed by atoms with Crippen LogP contribution in [0.4, 0.5) is 0 Å². The van der Waals surface area contributed by atoms with Gasteiger partial charge < -0.3 is 20.3 Å². The van der Waals surface area contributed by atoms with E-state index in [4.69, 9.17) is 4.74 Å². The number of hydrogen-bond acceptors (Lipinski definition) is 5. The maximum absolute atomic E-state index is 13.1. The molecule has 0 aromatic rings. The van der Waals surface area contributed by atoms with Crippen LogP contribution in [-0.4, -0.2) is 46.9 Å². The lowest BCUT2D eigenvalue weighted by molar-refractivity contribution is -0.151. The maximum atomic E-state index is 13.1. The average molecular weight is 788 g/mol. The summed E-state index contributed by atoms with van der Waals surface area (Å²) in [7, 11) is 0. The van der Waals surface area contributed by atoms with Crippen molar-refractivity contribution in [3.8, 4) is 0 Å². The third kappa shape index (κ3) is 38.9. The van der Waals surface area contributed by atoms with Crippen LogP contribution in [0.3, 0.4) is 0 Å². The minimum absolute atomic E-state index is 0.0750. The number of ether oxygens (including phenoxy) is 1. The number of hydrogen-bond donors (Lipinski definition) is 3. The minimum atomic E-state index is -0.785. The summed E-state index contributed by atoms with van der Waals surface area (Å²) in [5.41, 5.74) is 0. The number of esters is 1. The molecule has 0 aromatic heterocycles. The SMILES string of the molecule is CC/C=C/C/C=C/C/C=C/CCCCCCCCC(=O)OC(CCCCCCCCCCC)CC(=O)NC(CO)C(O)CCCCCCCCCCCCCC. The topological polar surface area (TPSA) is 95.9 Å².